The molecule has 0 atom stereocenters. The van der Waals surface area contributed by atoms with Crippen LogP contribution in [0.3, 0.4) is 0 Å². The van der Waals surface area contributed by atoms with Gasteiger partial charge in [-0.15, -0.1) is 0 Å². The van der Waals surface area contributed by atoms with Gasteiger partial charge in [-0.2, -0.15) is 0 Å². The minimum absolute atomic E-state index is 0.0199. The van der Waals surface area contributed by atoms with Gasteiger partial charge in [0.05, 0.1) is 56.3 Å². The van der Waals surface area contributed by atoms with E-state index in [1.807, 2.05) is 0 Å². The molecule has 4 rings (SSSR count). The van der Waals surface area contributed by atoms with Gasteiger partial charge >= 0.3 is 29.8 Å². The molecule has 4 aromatic carbocycles. The second-order valence-electron chi connectivity index (χ2n) is 13.0. The lowest BCUT2D eigenvalue weighted by Crippen LogP contribution is -2.15. The zero-order valence-electron chi connectivity index (χ0n) is 33.7. The Morgan fingerprint density at radius 3 is 1.26 bits per heavy atom. The molecule has 0 N–H and O–H groups in total. The zero-order chi connectivity index (χ0) is 43.7. The Labute approximate surface area is 353 Å². The fourth-order valence-electron chi connectivity index (χ4n) is 5.20. The fraction of sp³-hybridized carbons (Fsp3) is 0.277. The standard InChI is InChI=1S/C47H48O14/c1-3-43(49)57-27-7-5-25-55-39-19-13-35(14-20-39)42(48)33-34-9-11-36(12-10-34)45(51)59-31-29-54-30-32-60-46(52)37-17-23-41(24-18-37)61-47(53)38-15-21-40(22-16-38)56-26-6-8-28-58-44(50)4-2/h3-4,9-24H,1-2,5-8,25-33H2. The predicted molar refractivity (Wildman–Crippen MR) is 222 cm³/mol. The van der Waals surface area contributed by atoms with E-state index in [9.17, 15) is 28.8 Å². The first-order valence-corrected chi connectivity index (χ1v) is 19.6. The molecule has 0 radical (unpaired) electrons. The molecule has 0 heterocycles. The van der Waals surface area contributed by atoms with Crippen LogP contribution in [0.4, 0.5) is 0 Å². The zero-order valence-corrected chi connectivity index (χ0v) is 33.7. The molecule has 0 saturated heterocycles. The van der Waals surface area contributed by atoms with Gasteiger partial charge in [-0.05, 0) is 116 Å². The molecule has 0 aliphatic heterocycles. The van der Waals surface area contributed by atoms with Crippen molar-refractivity contribution in [3.05, 3.63) is 150 Å². The highest BCUT2D eigenvalue weighted by molar-refractivity contribution is 5.98. The number of hydrogen-bond acceptors (Lipinski definition) is 14. The quantitative estimate of drug-likeness (QED) is 0.0148. The third kappa shape index (κ3) is 17.4. The number of carbonyl (C=O) groups excluding carboxylic acids is 6. The first-order chi connectivity index (χ1) is 29.6. The van der Waals surface area contributed by atoms with Gasteiger partial charge in [0.25, 0.3) is 0 Å². The summed E-state index contributed by atoms with van der Waals surface area (Å²) in [6.07, 6.45) is 5.06. The SMILES string of the molecule is C=CC(=O)OCCCCOc1ccc(C(=O)Cc2ccc(C(=O)OCCOCCOC(=O)c3ccc(OC(=O)c4ccc(OCCCCOC(=O)C=C)cc4)cc3)cc2)cc1. The van der Waals surface area contributed by atoms with Crippen molar-refractivity contribution >= 4 is 35.6 Å². The Hall–Kier alpha value is -7.06. The molecule has 0 aromatic heterocycles. The van der Waals surface area contributed by atoms with Crippen LogP contribution < -0.4 is 14.2 Å². The van der Waals surface area contributed by atoms with E-state index in [1.54, 1.807) is 72.8 Å². The highest BCUT2D eigenvalue weighted by Crippen LogP contribution is 2.19. The number of rotatable bonds is 27. The Balaban J connectivity index is 1.04. The van der Waals surface area contributed by atoms with E-state index in [1.165, 1.54) is 24.3 Å². The third-order valence-electron chi connectivity index (χ3n) is 8.48. The Morgan fingerprint density at radius 1 is 0.410 bits per heavy atom. The Morgan fingerprint density at radius 2 is 0.803 bits per heavy atom. The molecule has 0 unspecified atom stereocenters. The van der Waals surface area contributed by atoms with E-state index in [2.05, 4.69) is 13.2 Å². The smallest absolute Gasteiger partial charge is 0.343 e. The van der Waals surface area contributed by atoms with Crippen LogP contribution in [0, 0.1) is 0 Å². The largest absolute Gasteiger partial charge is 0.494 e. The number of benzene rings is 4. The molecule has 14 nitrogen and oxygen atoms in total. The van der Waals surface area contributed by atoms with Gasteiger partial charge in [-0.25, -0.2) is 24.0 Å². The third-order valence-corrected chi connectivity index (χ3v) is 8.48. The van der Waals surface area contributed by atoms with E-state index in [-0.39, 0.29) is 56.6 Å². The average Bonchev–Trinajstić information content (AvgIpc) is 3.28. The van der Waals surface area contributed by atoms with Crippen LogP contribution in [0.2, 0.25) is 0 Å². The number of carbonyl (C=O) groups is 6. The molecular formula is C47H48O14. The summed E-state index contributed by atoms with van der Waals surface area (Å²) in [4.78, 5) is 72.4. The van der Waals surface area contributed by atoms with Crippen molar-refractivity contribution in [3.8, 4) is 17.2 Å². The van der Waals surface area contributed by atoms with Crippen LogP contribution in [0.5, 0.6) is 17.2 Å². The molecule has 61 heavy (non-hydrogen) atoms. The number of hydrogen-bond donors (Lipinski definition) is 0. The fourth-order valence-corrected chi connectivity index (χ4v) is 5.20. The molecule has 4 aromatic rings. The molecule has 0 spiro atoms. The van der Waals surface area contributed by atoms with Crippen molar-refractivity contribution in [3.63, 3.8) is 0 Å². The van der Waals surface area contributed by atoms with Crippen LogP contribution in [-0.4, -0.2) is 88.5 Å². The minimum Gasteiger partial charge on any atom is -0.494 e. The van der Waals surface area contributed by atoms with Crippen molar-refractivity contribution in [2.75, 3.05) is 52.9 Å². The van der Waals surface area contributed by atoms with Crippen LogP contribution >= 0.6 is 0 Å². The van der Waals surface area contributed by atoms with Crippen LogP contribution in [0.1, 0.15) is 72.7 Å². The molecule has 0 saturated carbocycles. The second kappa shape index (κ2) is 26.1. The van der Waals surface area contributed by atoms with E-state index in [0.29, 0.717) is 73.7 Å². The topological polar surface area (TPSA) is 176 Å². The lowest BCUT2D eigenvalue weighted by molar-refractivity contribution is -0.138. The van der Waals surface area contributed by atoms with Crippen molar-refractivity contribution in [1.82, 2.24) is 0 Å². The molecule has 0 amide bonds. The summed E-state index contributed by atoms with van der Waals surface area (Å²) in [7, 11) is 0. The van der Waals surface area contributed by atoms with Crippen molar-refractivity contribution in [2.45, 2.75) is 32.1 Å². The van der Waals surface area contributed by atoms with Gasteiger partial charge in [0, 0.05) is 24.1 Å². The van der Waals surface area contributed by atoms with E-state index in [4.69, 9.17) is 37.9 Å². The van der Waals surface area contributed by atoms with Crippen molar-refractivity contribution < 1.29 is 66.7 Å². The maximum Gasteiger partial charge on any atom is 0.343 e. The van der Waals surface area contributed by atoms with Gasteiger partial charge in [0.2, 0.25) is 0 Å². The molecule has 0 aliphatic carbocycles. The number of unbranched alkanes of at least 4 members (excludes halogenated alkanes) is 2. The Kier molecular flexibility index (Phi) is 20.0. The molecule has 0 bridgehead atoms. The molecule has 0 aliphatic rings. The summed E-state index contributed by atoms with van der Waals surface area (Å²) >= 11 is 0. The highest BCUT2D eigenvalue weighted by Gasteiger charge is 2.13. The number of Topliss-reactive ketones (excluding diaryl/α,β-unsaturated/α-hetero) is 1. The normalized spacial score (nSPS) is 10.4. The molecule has 0 fully saturated rings. The van der Waals surface area contributed by atoms with Gasteiger partial charge in [-0.1, -0.05) is 25.3 Å². The first kappa shape index (κ1) is 46.6. The first-order valence-electron chi connectivity index (χ1n) is 19.6. The van der Waals surface area contributed by atoms with Crippen molar-refractivity contribution in [2.24, 2.45) is 0 Å². The second-order valence-corrected chi connectivity index (χ2v) is 13.0. The van der Waals surface area contributed by atoms with Crippen LogP contribution in [-0.2, 0) is 39.7 Å². The summed E-state index contributed by atoms with van der Waals surface area (Å²) in [5.41, 5.74) is 2.14. The van der Waals surface area contributed by atoms with Gasteiger partial charge < -0.3 is 37.9 Å². The molecule has 14 heteroatoms. The lowest BCUT2D eigenvalue weighted by atomic mass is 10.0. The summed E-state index contributed by atoms with van der Waals surface area (Å²) in [5, 5.41) is 0. The highest BCUT2D eigenvalue weighted by atomic mass is 16.6. The summed E-state index contributed by atoms with van der Waals surface area (Å²) in [5.74, 6) is -1.29. The maximum atomic E-state index is 12.8. The van der Waals surface area contributed by atoms with Gasteiger partial charge in [0.1, 0.15) is 30.5 Å². The van der Waals surface area contributed by atoms with Gasteiger partial charge in [0.15, 0.2) is 5.78 Å². The minimum atomic E-state index is -0.593. The maximum absolute atomic E-state index is 12.8. The summed E-state index contributed by atoms with van der Waals surface area (Å²) in [6.45, 7) is 8.23. The molecular weight excluding hydrogens is 789 g/mol. The van der Waals surface area contributed by atoms with Gasteiger partial charge in [-0.3, -0.25) is 4.79 Å². The van der Waals surface area contributed by atoms with E-state index in [0.717, 1.165) is 17.7 Å². The van der Waals surface area contributed by atoms with Crippen molar-refractivity contribution in [1.29, 1.82) is 0 Å². The lowest BCUT2D eigenvalue weighted by Gasteiger charge is -2.09. The summed E-state index contributed by atoms with van der Waals surface area (Å²) < 4.78 is 42.5. The number of ether oxygens (including phenoxy) is 8. The average molecular weight is 837 g/mol. The summed E-state index contributed by atoms with van der Waals surface area (Å²) in [6, 6.07) is 25.8. The van der Waals surface area contributed by atoms with E-state index < -0.39 is 29.8 Å². The molecule has 320 valence electrons. The number of esters is 5. The predicted octanol–water partition coefficient (Wildman–Crippen LogP) is 7.14. The van der Waals surface area contributed by atoms with Crippen LogP contribution in [0.15, 0.2) is 122 Å². The van der Waals surface area contributed by atoms with Crippen LogP contribution in [0.25, 0.3) is 0 Å². The Bertz CT molecular complexity index is 1910. The number of ketones is 1. The monoisotopic (exact) mass is 836 g/mol. The van der Waals surface area contributed by atoms with E-state index >= 15 is 0 Å².